The molecule has 84 valence electrons. The average Bonchev–Trinajstić information content (AvgIpc) is 2.01. The van der Waals surface area contributed by atoms with Gasteiger partial charge in [0.25, 0.3) is 0 Å². The van der Waals surface area contributed by atoms with Crippen LogP contribution in [-0.4, -0.2) is 25.4 Å². The number of unbranched alkanes of at least 4 members (excludes halogenated alkanes) is 1. The highest BCUT2D eigenvalue weighted by molar-refractivity contribution is 7.80. The van der Waals surface area contributed by atoms with Gasteiger partial charge in [-0.2, -0.15) is 8.42 Å². The molecule has 0 bridgehead atoms. The van der Waals surface area contributed by atoms with Crippen LogP contribution in [0, 0.1) is 5.92 Å². The molecule has 5 nitrogen and oxygen atoms in total. The lowest BCUT2D eigenvalue weighted by atomic mass is 10.00. The van der Waals surface area contributed by atoms with E-state index in [-0.39, 0.29) is 12.4 Å². The molecule has 0 radical (unpaired) electrons. The first kappa shape index (κ1) is 13.5. The molecule has 0 aliphatic rings. The van der Waals surface area contributed by atoms with Crippen molar-refractivity contribution >= 4 is 16.2 Å². The Balaban J connectivity index is 4.04. The molecular weight excluding hydrogens is 208 g/mol. The van der Waals surface area contributed by atoms with Crippen molar-refractivity contribution in [1.29, 1.82) is 0 Å². The van der Waals surface area contributed by atoms with Crippen LogP contribution in [0.1, 0.15) is 33.1 Å². The number of rotatable bonds is 7. The van der Waals surface area contributed by atoms with Gasteiger partial charge >= 0.3 is 10.4 Å². The maximum atomic E-state index is 11.0. The zero-order valence-corrected chi connectivity index (χ0v) is 9.21. The molecule has 0 aliphatic carbocycles. The van der Waals surface area contributed by atoms with Crippen LogP contribution in [0.25, 0.3) is 0 Å². The second-order valence-electron chi connectivity index (χ2n) is 3.16. The first-order valence-electron chi connectivity index (χ1n) is 4.49. The Morgan fingerprint density at radius 3 is 2.43 bits per heavy atom. The van der Waals surface area contributed by atoms with Crippen LogP contribution >= 0.6 is 0 Å². The molecule has 0 aromatic heterocycles. The monoisotopic (exact) mass is 224 g/mol. The van der Waals surface area contributed by atoms with E-state index in [9.17, 15) is 13.2 Å². The summed E-state index contributed by atoms with van der Waals surface area (Å²) in [4.78, 5) is 11.0. The standard InChI is InChI=1S/C8H16O5S/c1-3-4-5-8(7(2)9)6-13-14(10,11)12/h8H,3-6H2,1-2H3,(H,10,11,12). The molecule has 6 heteroatoms. The largest absolute Gasteiger partial charge is 0.397 e. The maximum Gasteiger partial charge on any atom is 0.397 e. The second-order valence-corrected chi connectivity index (χ2v) is 4.25. The van der Waals surface area contributed by atoms with Crippen molar-refractivity contribution in [2.24, 2.45) is 5.92 Å². The molecule has 0 fully saturated rings. The van der Waals surface area contributed by atoms with Crippen molar-refractivity contribution in [2.45, 2.75) is 33.1 Å². The number of hydrogen-bond acceptors (Lipinski definition) is 4. The molecule has 0 spiro atoms. The number of carbonyl (C=O) groups excluding carboxylic acids is 1. The number of Topliss-reactive ketones (excluding diaryl/α,β-unsaturated/α-hetero) is 1. The van der Waals surface area contributed by atoms with E-state index < -0.39 is 16.3 Å². The molecular formula is C8H16O5S. The molecule has 0 amide bonds. The van der Waals surface area contributed by atoms with Crippen molar-refractivity contribution in [2.75, 3.05) is 6.61 Å². The summed E-state index contributed by atoms with van der Waals surface area (Å²) in [6.45, 7) is 3.09. The third-order valence-corrected chi connectivity index (χ3v) is 2.33. The fourth-order valence-corrected chi connectivity index (χ4v) is 1.36. The minimum Gasteiger partial charge on any atom is -0.300 e. The first-order chi connectivity index (χ1) is 6.37. The van der Waals surface area contributed by atoms with E-state index in [1.54, 1.807) is 0 Å². The van der Waals surface area contributed by atoms with E-state index >= 15 is 0 Å². The van der Waals surface area contributed by atoms with Gasteiger partial charge < -0.3 is 0 Å². The molecule has 0 aromatic carbocycles. The molecule has 0 saturated heterocycles. The molecule has 1 unspecified atom stereocenters. The first-order valence-corrected chi connectivity index (χ1v) is 5.85. The summed E-state index contributed by atoms with van der Waals surface area (Å²) in [5.41, 5.74) is 0. The number of ketones is 1. The normalized spacial score (nSPS) is 13.9. The molecule has 14 heavy (non-hydrogen) atoms. The summed E-state index contributed by atoms with van der Waals surface area (Å²) in [5, 5.41) is 0. The van der Waals surface area contributed by atoms with E-state index in [0.717, 1.165) is 12.8 Å². The van der Waals surface area contributed by atoms with Gasteiger partial charge in [-0.25, -0.2) is 4.18 Å². The van der Waals surface area contributed by atoms with Crippen molar-refractivity contribution in [3.8, 4) is 0 Å². The highest BCUT2D eigenvalue weighted by Crippen LogP contribution is 2.11. The van der Waals surface area contributed by atoms with E-state index in [4.69, 9.17) is 4.55 Å². The smallest absolute Gasteiger partial charge is 0.300 e. The van der Waals surface area contributed by atoms with Crippen LogP contribution in [0.2, 0.25) is 0 Å². The summed E-state index contributed by atoms with van der Waals surface area (Å²) in [6.07, 6.45) is 2.34. The Hall–Kier alpha value is -0.460. The van der Waals surface area contributed by atoms with Gasteiger partial charge in [0.15, 0.2) is 0 Å². The Kier molecular flexibility index (Phi) is 5.90. The number of carbonyl (C=O) groups is 1. The van der Waals surface area contributed by atoms with Crippen LogP contribution in [0.4, 0.5) is 0 Å². The van der Waals surface area contributed by atoms with Gasteiger partial charge in [-0.15, -0.1) is 0 Å². The zero-order valence-electron chi connectivity index (χ0n) is 8.39. The van der Waals surface area contributed by atoms with Crippen LogP contribution in [-0.2, 0) is 19.4 Å². The zero-order chi connectivity index (χ0) is 11.2. The van der Waals surface area contributed by atoms with Gasteiger partial charge in [-0.05, 0) is 13.3 Å². The third kappa shape index (κ3) is 6.99. The van der Waals surface area contributed by atoms with Crippen LogP contribution < -0.4 is 0 Å². The SMILES string of the molecule is CCCCC(COS(=O)(=O)O)C(C)=O. The van der Waals surface area contributed by atoms with Gasteiger partial charge in [0, 0.05) is 5.92 Å². The van der Waals surface area contributed by atoms with Crippen molar-refractivity contribution in [1.82, 2.24) is 0 Å². The Labute approximate surface area is 84.4 Å². The van der Waals surface area contributed by atoms with Crippen LogP contribution in [0.15, 0.2) is 0 Å². The summed E-state index contributed by atoms with van der Waals surface area (Å²) in [6, 6.07) is 0. The number of hydrogen-bond donors (Lipinski definition) is 1. The maximum absolute atomic E-state index is 11.0. The predicted molar refractivity (Wildman–Crippen MR) is 51.2 cm³/mol. The Bertz CT molecular complexity index is 269. The van der Waals surface area contributed by atoms with Gasteiger partial charge in [0.05, 0.1) is 6.61 Å². The molecule has 0 aliphatic heterocycles. The van der Waals surface area contributed by atoms with Crippen molar-refractivity contribution < 1.29 is 21.9 Å². The summed E-state index contributed by atoms with van der Waals surface area (Å²) < 4.78 is 33.0. The molecule has 1 N–H and O–H groups in total. The summed E-state index contributed by atoms with van der Waals surface area (Å²) in [5.74, 6) is -0.570. The fourth-order valence-electron chi connectivity index (χ4n) is 1.02. The lowest BCUT2D eigenvalue weighted by Gasteiger charge is -2.11. The Morgan fingerprint density at radius 2 is 2.07 bits per heavy atom. The van der Waals surface area contributed by atoms with E-state index in [2.05, 4.69) is 4.18 Å². The lowest BCUT2D eigenvalue weighted by Crippen LogP contribution is -2.20. The van der Waals surface area contributed by atoms with Gasteiger partial charge in [0.1, 0.15) is 5.78 Å². The third-order valence-electron chi connectivity index (χ3n) is 1.90. The second kappa shape index (κ2) is 6.10. The van der Waals surface area contributed by atoms with E-state index in [0.29, 0.717) is 6.42 Å². The quantitative estimate of drug-likeness (QED) is 0.657. The van der Waals surface area contributed by atoms with Crippen LogP contribution in [0.5, 0.6) is 0 Å². The molecule has 1 atom stereocenters. The van der Waals surface area contributed by atoms with Gasteiger partial charge in [0.2, 0.25) is 0 Å². The Morgan fingerprint density at radius 1 is 1.50 bits per heavy atom. The minimum absolute atomic E-state index is 0.123. The van der Waals surface area contributed by atoms with E-state index in [1.165, 1.54) is 6.92 Å². The molecule has 0 saturated carbocycles. The van der Waals surface area contributed by atoms with Crippen molar-refractivity contribution in [3.05, 3.63) is 0 Å². The fraction of sp³-hybridized carbons (Fsp3) is 0.875. The lowest BCUT2D eigenvalue weighted by molar-refractivity contribution is -0.121. The van der Waals surface area contributed by atoms with Gasteiger partial charge in [-0.1, -0.05) is 19.8 Å². The van der Waals surface area contributed by atoms with E-state index in [1.807, 2.05) is 6.92 Å². The topological polar surface area (TPSA) is 80.7 Å². The highest BCUT2D eigenvalue weighted by Gasteiger charge is 2.17. The molecule has 0 heterocycles. The van der Waals surface area contributed by atoms with Crippen molar-refractivity contribution in [3.63, 3.8) is 0 Å². The molecule has 0 rings (SSSR count). The van der Waals surface area contributed by atoms with Crippen LogP contribution in [0.3, 0.4) is 0 Å². The average molecular weight is 224 g/mol. The summed E-state index contributed by atoms with van der Waals surface area (Å²) in [7, 11) is -4.43. The van der Waals surface area contributed by atoms with Gasteiger partial charge in [-0.3, -0.25) is 9.35 Å². The molecule has 0 aromatic rings. The highest BCUT2D eigenvalue weighted by atomic mass is 32.3. The summed E-state index contributed by atoms with van der Waals surface area (Å²) >= 11 is 0. The minimum atomic E-state index is -4.43. The predicted octanol–water partition coefficient (Wildman–Crippen LogP) is 1.20.